The molecule has 3 aromatic rings. The number of hydrogen-bond donors (Lipinski definition) is 2. The predicted octanol–water partition coefficient (Wildman–Crippen LogP) is 3.46. The van der Waals surface area contributed by atoms with E-state index in [9.17, 15) is 4.79 Å². The molecule has 0 atom stereocenters. The van der Waals surface area contributed by atoms with Gasteiger partial charge in [-0.15, -0.1) is 0 Å². The molecule has 0 bridgehead atoms. The lowest BCUT2D eigenvalue weighted by molar-refractivity contribution is 0.0946. The Morgan fingerprint density at radius 2 is 1.96 bits per heavy atom. The van der Waals surface area contributed by atoms with Crippen molar-refractivity contribution in [3.05, 3.63) is 83.9 Å². The maximum atomic E-state index is 12.1. The van der Waals surface area contributed by atoms with Gasteiger partial charge in [-0.25, -0.2) is 4.98 Å². The lowest BCUT2D eigenvalue weighted by atomic mass is 10.2. The number of aryl methyl sites for hydroxylation is 1. The Labute approximate surface area is 140 Å². The van der Waals surface area contributed by atoms with Crippen LogP contribution in [0.5, 0.6) is 0 Å². The number of anilines is 2. The molecule has 120 valence electrons. The molecule has 0 aliphatic carbocycles. The first-order chi connectivity index (χ1) is 11.7. The van der Waals surface area contributed by atoms with Gasteiger partial charge < -0.3 is 10.6 Å². The molecule has 5 heteroatoms. The number of amides is 1. The number of carbonyl (C=O) groups is 1. The minimum absolute atomic E-state index is 0.207. The molecule has 1 aromatic carbocycles. The molecule has 0 saturated heterocycles. The molecule has 5 nitrogen and oxygen atoms in total. The Bertz CT molecular complexity index is 816. The SMILES string of the molecule is Cc1cccc(Nc2ccc(C(=O)NCc3cccnc3)nc2)c1. The highest BCUT2D eigenvalue weighted by molar-refractivity contribution is 5.92. The van der Waals surface area contributed by atoms with Crippen LogP contribution in [0.3, 0.4) is 0 Å². The third-order valence-electron chi connectivity index (χ3n) is 3.48. The number of benzene rings is 1. The Kier molecular flexibility index (Phi) is 4.81. The summed E-state index contributed by atoms with van der Waals surface area (Å²) in [5.74, 6) is -0.207. The van der Waals surface area contributed by atoms with E-state index < -0.39 is 0 Å². The third kappa shape index (κ3) is 4.16. The highest BCUT2D eigenvalue weighted by Gasteiger charge is 2.07. The highest BCUT2D eigenvalue weighted by Crippen LogP contribution is 2.16. The second kappa shape index (κ2) is 7.37. The number of pyridine rings is 2. The second-order valence-electron chi connectivity index (χ2n) is 5.47. The maximum Gasteiger partial charge on any atom is 0.270 e. The van der Waals surface area contributed by atoms with Crippen LogP contribution in [0.25, 0.3) is 0 Å². The highest BCUT2D eigenvalue weighted by atomic mass is 16.1. The number of carbonyl (C=O) groups excluding carboxylic acids is 1. The van der Waals surface area contributed by atoms with Crippen LogP contribution in [-0.4, -0.2) is 15.9 Å². The zero-order valence-corrected chi connectivity index (χ0v) is 13.4. The van der Waals surface area contributed by atoms with Crippen molar-refractivity contribution in [2.24, 2.45) is 0 Å². The van der Waals surface area contributed by atoms with Crippen molar-refractivity contribution in [2.75, 3.05) is 5.32 Å². The molecule has 0 saturated carbocycles. The Morgan fingerprint density at radius 1 is 1.04 bits per heavy atom. The lowest BCUT2D eigenvalue weighted by Crippen LogP contribution is -2.23. The van der Waals surface area contributed by atoms with E-state index in [0.29, 0.717) is 12.2 Å². The first-order valence-corrected chi connectivity index (χ1v) is 7.67. The summed E-state index contributed by atoms with van der Waals surface area (Å²) in [5, 5.41) is 6.10. The summed E-state index contributed by atoms with van der Waals surface area (Å²) < 4.78 is 0. The van der Waals surface area contributed by atoms with Gasteiger partial charge in [0, 0.05) is 24.6 Å². The van der Waals surface area contributed by atoms with Crippen molar-refractivity contribution < 1.29 is 4.79 Å². The van der Waals surface area contributed by atoms with Crippen molar-refractivity contribution in [1.82, 2.24) is 15.3 Å². The zero-order chi connectivity index (χ0) is 16.8. The summed E-state index contributed by atoms with van der Waals surface area (Å²) >= 11 is 0. The molecule has 0 aliphatic heterocycles. The van der Waals surface area contributed by atoms with Crippen LogP contribution in [0.15, 0.2) is 67.1 Å². The van der Waals surface area contributed by atoms with Crippen LogP contribution in [0.2, 0.25) is 0 Å². The summed E-state index contributed by atoms with van der Waals surface area (Å²) in [6, 6.07) is 15.4. The number of hydrogen-bond acceptors (Lipinski definition) is 4. The number of nitrogens with one attached hydrogen (secondary N) is 2. The van der Waals surface area contributed by atoms with E-state index in [1.54, 1.807) is 24.7 Å². The van der Waals surface area contributed by atoms with Gasteiger partial charge in [-0.05, 0) is 48.4 Å². The van der Waals surface area contributed by atoms with Gasteiger partial charge in [0.2, 0.25) is 0 Å². The molecular formula is C19H18N4O. The number of nitrogens with zero attached hydrogens (tertiary/aromatic N) is 2. The van der Waals surface area contributed by atoms with Gasteiger partial charge in [0.25, 0.3) is 5.91 Å². The number of rotatable bonds is 5. The summed E-state index contributed by atoms with van der Waals surface area (Å²) in [6.07, 6.45) is 5.08. The second-order valence-corrected chi connectivity index (χ2v) is 5.47. The van der Waals surface area contributed by atoms with E-state index in [4.69, 9.17) is 0 Å². The average molecular weight is 318 g/mol. The smallest absolute Gasteiger partial charge is 0.270 e. The Balaban J connectivity index is 1.60. The molecule has 2 N–H and O–H groups in total. The Morgan fingerprint density at radius 3 is 2.67 bits per heavy atom. The quantitative estimate of drug-likeness (QED) is 0.756. The van der Waals surface area contributed by atoms with Gasteiger partial charge in [0.05, 0.1) is 11.9 Å². The fourth-order valence-corrected chi connectivity index (χ4v) is 2.27. The van der Waals surface area contributed by atoms with E-state index in [1.807, 2.05) is 43.3 Å². The first kappa shape index (κ1) is 15.7. The van der Waals surface area contributed by atoms with Crippen LogP contribution in [-0.2, 0) is 6.54 Å². The first-order valence-electron chi connectivity index (χ1n) is 7.67. The zero-order valence-electron chi connectivity index (χ0n) is 13.4. The van der Waals surface area contributed by atoms with Crippen molar-refractivity contribution in [3.63, 3.8) is 0 Å². The van der Waals surface area contributed by atoms with E-state index in [1.165, 1.54) is 5.56 Å². The van der Waals surface area contributed by atoms with E-state index in [2.05, 4.69) is 26.7 Å². The van der Waals surface area contributed by atoms with Crippen LogP contribution in [0.4, 0.5) is 11.4 Å². The predicted molar refractivity (Wildman–Crippen MR) is 94.1 cm³/mol. The molecule has 2 aromatic heterocycles. The molecular weight excluding hydrogens is 300 g/mol. The van der Waals surface area contributed by atoms with Gasteiger partial charge in [0.15, 0.2) is 0 Å². The summed E-state index contributed by atoms with van der Waals surface area (Å²) in [5.41, 5.74) is 4.34. The molecule has 0 unspecified atom stereocenters. The van der Waals surface area contributed by atoms with Gasteiger partial charge in [-0.1, -0.05) is 18.2 Å². The van der Waals surface area contributed by atoms with E-state index in [-0.39, 0.29) is 5.91 Å². The van der Waals surface area contributed by atoms with Crippen LogP contribution in [0, 0.1) is 6.92 Å². The van der Waals surface area contributed by atoms with Crippen LogP contribution >= 0.6 is 0 Å². The van der Waals surface area contributed by atoms with Gasteiger partial charge in [0.1, 0.15) is 5.69 Å². The Hall–Kier alpha value is -3.21. The van der Waals surface area contributed by atoms with Crippen LogP contribution < -0.4 is 10.6 Å². The standard InChI is InChI=1S/C19H18N4O/c1-14-4-2-6-16(10-14)23-17-7-8-18(21-13-17)19(24)22-12-15-5-3-9-20-11-15/h2-11,13,23H,12H2,1H3,(H,22,24). The minimum Gasteiger partial charge on any atom is -0.354 e. The third-order valence-corrected chi connectivity index (χ3v) is 3.48. The van der Waals surface area contributed by atoms with Crippen LogP contribution in [0.1, 0.15) is 21.6 Å². The molecule has 0 aliphatic rings. The van der Waals surface area contributed by atoms with Crippen molar-refractivity contribution in [2.45, 2.75) is 13.5 Å². The maximum absolute atomic E-state index is 12.1. The van der Waals surface area contributed by atoms with Gasteiger partial charge >= 0.3 is 0 Å². The fraction of sp³-hybridized carbons (Fsp3) is 0.105. The molecule has 24 heavy (non-hydrogen) atoms. The molecule has 3 rings (SSSR count). The molecule has 0 fully saturated rings. The van der Waals surface area contributed by atoms with E-state index >= 15 is 0 Å². The summed E-state index contributed by atoms with van der Waals surface area (Å²) in [7, 11) is 0. The normalized spacial score (nSPS) is 10.2. The largest absolute Gasteiger partial charge is 0.354 e. The summed E-state index contributed by atoms with van der Waals surface area (Å²) in [6.45, 7) is 2.47. The van der Waals surface area contributed by atoms with Crippen molar-refractivity contribution in [3.8, 4) is 0 Å². The summed E-state index contributed by atoms with van der Waals surface area (Å²) in [4.78, 5) is 20.4. The average Bonchev–Trinajstić information content (AvgIpc) is 2.61. The minimum atomic E-state index is -0.207. The van der Waals surface area contributed by atoms with E-state index in [0.717, 1.165) is 16.9 Å². The topological polar surface area (TPSA) is 66.9 Å². The van der Waals surface area contributed by atoms with Gasteiger partial charge in [-0.2, -0.15) is 0 Å². The molecule has 1 amide bonds. The number of aromatic nitrogens is 2. The molecule has 0 spiro atoms. The van der Waals surface area contributed by atoms with Gasteiger partial charge in [-0.3, -0.25) is 9.78 Å². The monoisotopic (exact) mass is 318 g/mol. The molecule has 0 radical (unpaired) electrons. The van der Waals surface area contributed by atoms with Crippen molar-refractivity contribution >= 4 is 17.3 Å². The van der Waals surface area contributed by atoms with Crippen molar-refractivity contribution in [1.29, 1.82) is 0 Å². The molecule has 2 heterocycles. The fourth-order valence-electron chi connectivity index (χ4n) is 2.27. The lowest BCUT2D eigenvalue weighted by Gasteiger charge is -2.08.